The Hall–Kier alpha value is -3.42. The molecule has 1 unspecified atom stereocenters. The number of thioether (sulfide) groups is 1. The molecule has 41 heavy (non-hydrogen) atoms. The Kier molecular flexibility index (Phi) is 10.9. The molecule has 0 aromatic heterocycles. The summed E-state index contributed by atoms with van der Waals surface area (Å²) in [5, 5.41) is 8.66. The van der Waals surface area contributed by atoms with E-state index in [2.05, 4.69) is 4.74 Å². The molecular weight excluding hydrogens is 583 g/mol. The Labute approximate surface area is 241 Å². The predicted molar refractivity (Wildman–Crippen MR) is 148 cm³/mol. The first-order valence-electron chi connectivity index (χ1n) is 12.4. The summed E-state index contributed by atoms with van der Waals surface area (Å²) >= 11 is 1.46. The average molecular weight is 614 g/mol. The molecule has 0 fully saturated rings. The van der Waals surface area contributed by atoms with E-state index in [1.165, 1.54) is 23.2 Å². The zero-order chi connectivity index (χ0) is 30.2. The van der Waals surface area contributed by atoms with Crippen LogP contribution in [0.2, 0.25) is 0 Å². The fourth-order valence-corrected chi connectivity index (χ4v) is 6.58. The van der Waals surface area contributed by atoms with Gasteiger partial charge in [-0.2, -0.15) is 4.31 Å². The van der Waals surface area contributed by atoms with E-state index in [1.807, 2.05) is 13.0 Å². The maximum absolute atomic E-state index is 13.8. The van der Waals surface area contributed by atoms with Crippen LogP contribution in [0.4, 0.5) is 13.2 Å². The van der Waals surface area contributed by atoms with E-state index in [9.17, 15) is 26.4 Å². The first kappa shape index (κ1) is 32.1. The van der Waals surface area contributed by atoms with Gasteiger partial charge in [0.05, 0.1) is 12.0 Å². The zero-order valence-electron chi connectivity index (χ0n) is 22.6. The van der Waals surface area contributed by atoms with Crippen LogP contribution in [0.15, 0.2) is 76.5 Å². The van der Waals surface area contributed by atoms with Gasteiger partial charge < -0.3 is 19.3 Å². The number of carbonyl (C=O) groups is 1. The Morgan fingerprint density at radius 1 is 1.02 bits per heavy atom. The van der Waals surface area contributed by atoms with Gasteiger partial charge in [-0.3, -0.25) is 0 Å². The first-order valence-corrected chi connectivity index (χ1v) is 14.7. The number of benzene rings is 3. The topological polar surface area (TPSA) is 102 Å². The molecule has 1 atom stereocenters. The molecule has 3 aromatic carbocycles. The number of ether oxygens (including phenoxy) is 3. The molecule has 0 aliphatic carbocycles. The maximum atomic E-state index is 13.8. The fourth-order valence-electron chi connectivity index (χ4n) is 3.81. The van der Waals surface area contributed by atoms with Crippen LogP contribution in [-0.2, 0) is 21.4 Å². The number of aliphatic carboxylic acids is 1. The van der Waals surface area contributed by atoms with Crippen molar-refractivity contribution < 1.29 is 45.7 Å². The smallest absolute Gasteiger partial charge is 0.497 e. The van der Waals surface area contributed by atoms with E-state index >= 15 is 0 Å². The highest BCUT2D eigenvalue weighted by Crippen LogP contribution is 2.32. The number of hydrogen-bond acceptors (Lipinski definition) is 7. The van der Waals surface area contributed by atoms with Gasteiger partial charge in [0.25, 0.3) is 0 Å². The van der Waals surface area contributed by atoms with Gasteiger partial charge in [0, 0.05) is 23.2 Å². The van der Waals surface area contributed by atoms with Crippen molar-refractivity contribution in [2.75, 3.05) is 20.3 Å². The van der Waals surface area contributed by atoms with E-state index in [0.29, 0.717) is 23.5 Å². The predicted octanol–water partition coefficient (Wildman–Crippen LogP) is 6.13. The molecule has 13 heteroatoms. The monoisotopic (exact) mass is 613 g/mol. The normalized spacial score (nSPS) is 12.7. The number of halogens is 3. The molecule has 8 nitrogen and oxygen atoms in total. The van der Waals surface area contributed by atoms with Crippen LogP contribution < -0.4 is 14.2 Å². The van der Waals surface area contributed by atoms with Crippen LogP contribution in [0.1, 0.15) is 24.5 Å². The van der Waals surface area contributed by atoms with Crippen molar-refractivity contribution in [1.82, 2.24) is 4.31 Å². The summed E-state index contributed by atoms with van der Waals surface area (Å²) in [6.45, 7) is 3.37. The average Bonchev–Trinajstić information content (AvgIpc) is 2.91. The standard InChI is InChI=1S/C28H30F3NO7S2/c1-4-23(40-24-11-14-26(19(2)15-24)38-18-27(33)34)17-32(16-20-5-7-21(37-3)8-6-20)41(35,36)25-12-9-22(10-13-25)39-28(29,30)31/h5-15,23H,4,16-18H2,1-3H3,(H,33,34). The van der Waals surface area contributed by atoms with Gasteiger partial charge in [-0.15, -0.1) is 24.9 Å². The number of alkyl halides is 3. The number of sulfonamides is 1. The first-order chi connectivity index (χ1) is 19.3. The number of aryl methyl sites for hydroxylation is 1. The molecule has 222 valence electrons. The van der Waals surface area contributed by atoms with Gasteiger partial charge in [0.1, 0.15) is 17.2 Å². The van der Waals surface area contributed by atoms with E-state index in [1.54, 1.807) is 43.3 Å². The lowest BCUT2D eigenvalue weighted by Crippen LogP contribution is -2.36. The van der Waals surface area contributed by atoms with Gasteiger partial charge in [-0.25, -0.2) is 13.2 Å². The van der Waals surface area contributed by atoms with Crippen LogP contribution in [0.25, 0.3) is 0 Å². The summed E-state index contributed by atoms with van der Waals surface area (Å²) in [6.07, 6.45) is -4.29. The highest BCUT2D eigenvalue weighted by atomic mass is 32.2. The fraction of sp³-hybridized carbons (Fsp3) is 0.321. The molecule has 3 rings (SSSR count). The third-order valence-corrected chi connectivity index (χ3v) is 9.04. The van der Waals surface area contributed by atoms with Gasteiger partial charge in [-0.1, -0.05) is 19.1 Å². The van der Waals surface area contributed by atoms with Crippen molar-refractivity contribution in [2.45, 2.75) is 48.2 Å². The minimum Gasteiger partial charge on any atom is -0.497 e. The van der Waals surface area contributed by atoms with Crippen LogP contribution >= 0.6 is 11.8 Å². The Balaban J connectivity index is 1.87. The lowest BCUT2D eigenvalue weighted by atomic mass is 10.2. The molecular formula is C28H30F3NO7S2. The van der Waals surface area contributed by atoms with Gasteiger partial charge >= 0.3 is 12.3 Å². The number of rotatable bonds is 14. The van der Waals surface area contributed by atoms with Gasteiger partial charge in [0.15, 0.2) is 6.61 Å². The van der Waals surface area contributed by atoms with E-state index in [0.717, 1.165) is 34.7 Å². The van der Waals surface area contributed by atoms with Gasteiger partial charge in [-0.05, 0) is 79.1 Å². The summed E-state index contributed by atoms with van der Waals surface area (Å²) < 4.78 is 80.9. The third kappa shape index (κ3) is 9.58. The SMILES string of the molecule is CCC(CN(Cc1ccc(OC)cc1)S(=O)(=O)c1ccc(OC(F)(F)F)cc1)Sc1ccc(OCC(=O)O)c(C)c1. The Morgan fingerprint density at radius 3 is 2.20 bits per heavy atom. The van der Waals surface area contributed by atoms with Crippen molar-refractivity contribution >= 4 is 27.8 Å². The molecule has 0 radical (unpaired) electrons. The van der Waals surface area contributed by atoms with E-state index in [4.69, 9.17) is 14.6 Å². The molecule has 3 aromatic rings. The van der Waals surface area contributed by atoms with Crippen molar-refractivity contribution in [3.63, 3.8) is 0 Å². The minimum atomic E-state index is -4.90. The van der Waals surface area contributed by atoms with Gasteiger partial charge in [0.2, 0.25) is 10.0 Å². The van der Waals surface area contributed by atoms with Crippen LogP contribution in [0, 0.1) is 6.92 Å². The minimum absolute atomic E-state index is 0.0190. The summed E-state index contributed by atoms with van der Waals surface area (Å²) in [5.41, 5.74) is 1.43. The number of nitrogens with zero attached hydrogens (tertiary/aromatic N) is 1. The lowest BCUT2D eigenvalue weighted by molar-refractivity contribution is -0.274. The molecule has 0 aliphatic rings. The highest BCUT2D eigenvalue weighted by molar-refractivity contribution is 8.00. The number of carboxylic acids is 1. The van der Waals surface area contributed by atoms with Crippen LogP contribution in [0.3, 0.4) is 0 Å². The third-order valence-electron chi connectivity index (χ3n) is 5.88. The summed E-state index contributed by atoms with van der Waals surface area (Å²) in [4.78, 5) is 11.5. The van der Waals surface area contributed by atoms with Crippen LogP contribution in [0.5, 0.6) is 17.2 Å². The lowest BCUT2D eigenvalue weighted by Gasteiger charge is -2.27. The molecule has 0 saturated heterocycles. The molecule has 0 spiro atoms. The molecule has 0 heterocycles. The summed E-state index contributed by atoms with van der Waals surface area (Å²) in [7, 11) is -2.61. The second-order valence-corrected chi connectivity index (χ2v) is 12.2. The summed E-state index contributed by atoms with van der Waals surface area (Å²) in [5.74, 6) is -0.566. The van der Waals surface area contributed by atoms with E-state index in [-0.39, 0.29) is 23.2 Å². The number of carboxylic acid groups (broad SMARTS) is 1. The van der Waals surface area contributed by atoms with Crippen molar-refractivity contribution in [3.05, 3.63) is 77.9 Å². The molecule has 0 bridgehead atoms. The zero-order valence-corrected chi connectivity index (χ0v) is 24.2. The molecule has 0 aliphatic heterocycles. The van der Waals surface area contributed by atoms with Crippen molar-refractivity contribution in [3.8, 4) is 17.2 Å². The summed E-state index contributed by atoms with van der Waals surface area (Å²) in [6, 6.07) is 16.3. The maximum Gasteiger partial charge on any atom is 0.573 e. The molecule has 1 N–H and O–H groups in total. The molecule has 0 amide bonds. The van der Waals surface area contributed by atoms with Crippen molar-refractivity contribution in [1.29, 1.82) is 0 Å². The van der Waals surface area contributed by atoms with Crippen molar-refractivity contribution in [2.24, 2.45) is 0 Å². The second kappa shape index (κ2) is 14.0. The van der Waals surface area contributed by atoms with E-state index < -0.39 is 34.7 Å². The van der Waals surface area contributed by atoms with Crippen LogP contribution in [-0.4, -0.2) is 55.7 Å². The second-order valence-electron chi connectivity index (χ2n) is 8.92. The highest BCUT2D eigenvalue weighted by Gasteiger charge is 2.32. The number of hydrogen-bond donors (Lipinski definition) is 1. The number of methoxy groups -OCH3 is 1. The largest absolute Gasteiger partial charge is 0.573 e. The molecule has 0 saturated carbocycles. The Bertz CT molecular complexity index is 1410. The Morgan fingerprint density at radius 2 is 1.66 bits per heavy atom. The quantitative estimate of drug-likeness (QED) is 0.217.